The number of aryl methyl sites for hydroxylation is 21. The number of hydrogen-bond acceptors (Lipinski definition) is 6. The molecule has 6 atom stereocenters. The van der Waals surface area contributed by atoms with Crippen molar-refractivity contribution in [2.75, 3.05) is 7.11 Å². The minimum atomic E-state index is 0.398. The lowest BCUT2D eigenvalue weighted by Gasteiger charge is -2.13. The lowest BCUT2D eigenvalue weighted by Crippen LogP contribution is -1.93. The minimum Gasteiger partial charge on any atom is -0.507 e. The third-order valence-corrected chi connectivity index (χ3v) is 30.0. The fraction of sp³-hybridized carbons (Fsp3) is 0.323. The van der Waals surface area contributed by atoms with E-state index in [1.165, 1.54) is 244 Å². The standard InChI is InChI=1S/C19H22O.4C18H20O.C18H18O.C18H20/c1-12-5-6-16-11-15(7-8-18(12)16)17-9-13(2)19(20-4)14(3)10-17;3*1-11-4-5-15-10-14(6-7-17(11)15)16-8-12(2)18(19)13(3)9-16;2*1-11-4-5-14-6-7-15(10-17(11)14)16-8-12(2)18(19)13(3)9-16;1-12-8-13(2)10-17(9-12)15-6-7-18-14(3)4-5-16(18)11-15/h7-12H,5-6H2,1-4H3;4*6-11,19H,4-5H2,1-3H3;6-10,19H,1,4-5H2,2-3H3;6-11,14H,4-5H2,1-3H3/t;;;;;;14-/m......0/s1. The van der Waals surface area contributed by atoms with Gasteiger partial charge in [-0.1, -0.05) is 199 Å². The van der Waals surface area contributed by atoms with Crippen molar-refractivity contribution in [1.82, 2.24) is 0 Å². The molecule has 0 saturated heterocycles. The van der Waals surface area contributed by atoms with Crippen molar-refractivity contribution >= 4 is 5.57 Å². The first-order valence-electron chi connectivity index (χ1n) is 48.9. The first-order chi connectivity index (χ1) is 63.5. The molecule has 0 spiro atoms. The highest BCUT2D eigenvalue weighted by Crippen LogP contribution is 2.46. The number of ether oxygens (including phenoxy) is 1. The van der Waals surface area contributed by atoms with E-state index >= 15 is 0 Å². The predicted octanol–water partition coefficient (Wildman–Crippen LogP) is 33.6. The Labute approximate surface area is 794 Å². The summed E-state index contributed by atoms with van der Waals surface area (Å²) in [6.07, 6.45) is 17.1. The third kappa shape index (κ3) is 21.2. The highest BCUT2D eigenvalue weighted by Gasteiger charge is 2.27. The van der Waals surface area contributed by atoms with Gasteiger partial charge in [0, 0.05) is 0 Å². The van der Waals surface area contributed by atoms with Crippen LogP contribution in [0.3, 0.4) is 0 Å². The van der Waals surface area contributed by atoms with Crippen LogP contribution in [0, 0.1) is 96.9 Å². The van der Waals surface area contributed by atoms with E-state index in [0.717, 1.165) is 91.6 Å². The number of allylic oxidation sites excluding steroid dienone is 1. The van der Waals surface area contributed by atoms with Gasteiger partial charge in [0.25, 0.3) is 0 Å². The van der Waals surface area contributed by atoms with Gasteiger partial charge >= 0.3 is 0 Å². The summed E-state index contributed by atoms with van der Waals surface area (Å²) in [5, 5.41) is 49.3. The van der Waals surface area contributed by atoms with Crippen molar-refractivity contribution in [3.8, 4) is 112 Å². The van der Waals surface area contributed by atoms with Gasteiger partial charge in [0.2, 0.25) is 0 Å². The highest BCUT2D eigenvalue weighted by atomic mass is 16.5. The summed E-state index contributed by atoms with van der Waals surface area (Å²) >= 11 is 0. The van der Waals surface area contributed by atoms with E-state index in [-0.39, 0.29) is 0 Å². The fourth-order valence-electron chi connectivity index (χ4n) is 22.0. The Bertz CT molecular complexity index is 6320. The van der Waals surface area contributed by atoms with E-state index in [2.05, 4.69) is 282 Å². The Balaban J connectivity index is 0.000000118. The van der Waals surface area contributed by atoms with Crippen LogP contribution < -0.4 is 4.74 Å². The van der Waals surface area contributed by atoms with Crippen molar-refractivity contribution in [3.05, 3.63) is 381 Å². The van der Waals surface area contributed by atoms with Gasteiger partial charge in [0.15, 0.2) is 0 Å². The Morgan fingerprint density at radius 3 is 0.699 bits per heavy atom. The second kappa shape index (κ2) is 40.6. The summed E-state index contributed by atoms with van der Waals surface area (Å²) in [7, 11) is 1.74. The van der Waals surface area contributed by atoms with Gasteiger partial charge in [-0.3, -0.25) is 0 Å². The van der Waals surface area contributed by atoms with Gasteiger partial charge in [0.1, 0.15) is 34.5 Å². The summed E-state index contributed by atoms with van der Waals surface area (Å²) in [6, 6.07) is 79.8. The van der Waals surface area contributed by atoms with Crippen molar-refractivity contribution in [3.63, 3.8) is 0 Å². The number of phenolic OH excluding ortho intramolecular Hbond substituents is 5. The highest BCUT2D eigenvalue weighted by molar-refractivity contribution is 5.79. The topological polar surface area (TPSA) is 110 Å². The number of hydrogen-bond donors (Lipinski definition) is 5. The van der Waals surface area contributed by atoms with E-state index in [0.29, 0.717) is 52.4 Å². The zero-order valence-corrected chi connectivity index (χ0v) is 83.0. The van der Waals surface area contributed by atoms with E-state index in [1.54, 1.807) is 18.2 Å². The average Bonchev–Trinajstić information content (AvgIpc) is 1.82. The molecule has 21 rings (SSSR count). The molecular formula is C127H140O6. The molecule has 0 radical (unpaired) electrons. The van der Waals surface area contributed by atoms with Crippen molar-refractivity contribution in [2.24, 2.45) is 0 Å². The zero-order valence-electron chi connectivity index (χ0n) is 83.0. The third-order valence-electron chi connectivity index (χ3n) is 30.0. The molecule has 0 saturated carbocycles. The molecule has 133 heavy (non-hydrogen) atoms. The van der Waals surface area contributed by atoms with Crippen molar-refractivity contribution < 1.29 is 30.3 Å². The smallest absolute Gasteiger partial charge is 0.124 e. The predicted molar refractivity (Wildman–Crippen MR) is 562 cm³/mol. The van der Waals surface area contributed by atoms with Crippen LogP contribution in [0.1, 0.15) is 278 Å². The Kier molecular flexibility index (Phi) is 29.1. The largest absolute Gasteiger partial charge is 0.507 e. The van der Waals surface area contributed by atoms with Gasteiger partial charge in [-0.05, 0) is 529 Å². The van der Waals surface area contributed by atoms with Crippen LogP contribution in [0.15, 0.2) is 225 Å². The van der Waals surface area contributed by atoms with E-state index in [4.69, 9.17) is 4.74 Å². The maximum absolute atomic E-state index is 9.87. The van der Waals surface area contributed by atoms with E-state index in [9.17, 15) is 25.5 Å². The van der Waals surface area contributed by atoms with E-state index < -0.39 is 0 Å². The molecule has 0 fully saturated rings. The molecule has 6 heteroatoms. The van der Waals surface area contributed by atoms with Crippen LogP contribution in [0.5, 0.6) is 34.5 Å². The first kappa shape index (κ1) is 95.2. The van der Waals surface area contributed by atoms with Crippen molar-refractivity contribution in [2.45, 2.75) is 264 Å². The molecule has 7 aliphatic carbocycles. The number of phenols is 5. The number of rotatable bonds is 8. The zero-order chi connectivity index (χ0) is 94.8. The van der Waals surface area contributed by atoms with Crippen molar-refractivity contribution in [1.29, 1.82) is 0 Å². The first-order valence-corrected chi connectivity index (χ1v) is 48.9. The SMILES string of the molecule is C=C1CCc2ccc(-c3cc(C)c(O)c(C)c3)cc21.COc1c(C)cc(-c2ccc3c(c2)CCC3C)cc1C.Cc1cc(-c2ccc3c(c2)C(C)CC3)cc(C)c1O.Cc1cc(-c2ccc3c(c2)CCC3C)cc(C)c1O.Cc1cc(-c2ccc3c(c2)CCC3C)cc(C)c1O.Cc1cc(-c2ccc3c(c2)CCC3C)cc(C)c1O.Cc1cc(C)cc(-c2ccc3c(c2)CC[C@@H]3C)c1. The molecule has 0 aromatic heterocycles. The number of methoxy groups -OCH3 is 1. The monoisotopic (exact) mass is 1760 g/mol. The minimum absolute atomic E-state index is 0.398. The van der Waals surface area contributed by atoms with Gasteiger partial charge in [-0.15, -0.1) is 0 Å². The maximum Gasteiger partial charge on any atom is 0.124 e. The Morgan fingerprint density at radius 1 is 0.211 bits per heavy atom. The molecule has 5 N–H and O–H groups in total. The van der Waals surface area contributed by atoms with Crippen LogP contribution in [0.4, 0.5) is 0 Å². The molecule has 0 aliphatic heterocycles. The van der Waals surface area contributed by atoms with Crippen LogP contribution in [0.25, 0.3) is 83.5 Å². The summed E-state index contributed by atoms with van der Waals surface area (Å²) in [6.45, 7) is 46.2. The maximum atomic E-state index is 9.87. The molecule has 0 amide bonds. The summed E-state index contributed by atoms with van der Waals surface area (Å²) in [5.41, 5.74) is 54.3. The molecule has 5 unspecified atom stereocenters. The molecule has 7 aliphatic rings. The van der Waals surface area contributed by atoms with Crippen LogP contribution in [-0.2, 0) is 44.9 Å². The summed E-state index contributed by atoms with van der Waals surface area (Å²) < 4.78 is 5.45. The normalized spacial score (nSPS) is 17.0. The summed E-state index contributed by atoms with van der Waals surface area (Å²) in [5.74, 6) is 7.31. The fourth-order valence-corrected chi connectivity index (χ4v) is 22.0. The number of aromatic hydroxyl groups is 5. The molecule has 0 bridgehead atoms. The second-order valence-corrected chi connectivity index (χ2v) is 40.4. The molecule has 0 heterocycles. The quantitative estimate of drug-likeness (QED) is 0.104. The second-order valence-electron chi connectivity index (χ2n) is 40.4. The van der Waals surface area contributed by atoms with Crippen LogP contribution in [-0.4, -0.2) is 32.6 Å². The van der Waals surface area contributed by atoms with Crippen LogP contribution >= 0.6 is 0 Å². The lowest BCUT2D eigenvalue weighted by molar-refractivity contribution is 0.408. The molecule has 14 aromatic carbocycles. The number of fused-ring (bicyclic) bond motifs is 7. The average molecular weight is 1760 g/mol. The van der Waals surface area contributed by atoms with Gasteiger partial charge in [-0.25, -0.2) is 0 Å². The van der Waals surface area contributed by atoms with Gasteiger partial charge in [0.05, 0.1) is 7.11 Å². The molecule has 684 valence electrons. The van der Waals surface area contributed by atoms with Gasteiger partial charge in [-0.2, -0.15) is 0 Å². The van der Waals surface area contributed by atoms with Gasteiger partial charge < -0.3 is 30.3 Å². The van der Waals surface area contributed by atoms with Crippen LogP contribution in [0.2, 0.25) is 0 Å². The molecule has 6 nitrogen and oxygen atoms in total. The number of benzene rings is 14. The molecule has 14 aromatic rings. The summed E-state index contributed by atoms with van der Waals surface area (Å²) in [4.78, 5) is 0. The molecular weight excluding hydrogens is 1620 g/mol. The Hall–Kier alpha value is -12.4. The van der Waals surface area contributed by atoms with E-state index in [1.807, 2.05) is 81.4 Å². The Morgan fingerprint density at radius 2 is 0.429 bits per heavy atom. The lowest BCUT2D eigenvalue weighted by atomic mass is 9.95.